The largest absolute Gasteiger partial charge is 0.462 e. The first-order valence-electron chi connectivity index (χ1n) is 7.11. The minimum atomic E-state index is -0.339. The van der Waals surface area contributed by atoms with Crippen molar-refractivity contribution >= 4 is 46.3 Å². The molecule has 0 saturated heterocycles. The van der Waals surface area contributed by atoms with Gasteiger partial charge >= 0.3 is 5.97 Å². The van der Waals surface area contributed by atoms with Crippen molar-refractivity contribution in [1.29, 1.82) is 0 Å². The lowest BCUT2D eigenvalue weighted by molar-refractivity contribution is 0.0526. The molecule has 0 heterocycles. The van der Waals surface area contributed by atoms with Gasteiger partial charge in [-0.25, -0.2) is 4.79 Å². The van der Waals surface area contributed by atoms with Gasteiger partial charge in [-0.15, -0.1) is 0 Å². The normalized spacial score (nSPS) is 10.0. The molecular weight excluding hydrogens is 332 g/mol. The Morgan fingerprint density at radius 1 is 1.17 bits per heavy atom. The minimum absolute atomic E-state index is 0.339. The third kappa shape index (κ3) is 4.68. The molecule has 2 aromatic rings. The zero-order valence-corrected chi connectivity index (χ0v) is 14.4. The van der Waals surface area contributed by atoms with E-state index in [9.17, 15) is 4.79 Å². The number of halogens is 1. The highest BCUT2D eigenvalue weighted by molar-refractivity contribution is 7.80. The van der Waals surface area contributed by atoms with Gasteiger partial charge in [0.15, 0.2) is 5.11 Å². The number of hydrogen-bond donors (Lipinski definition) is 2. The number of rotatable bonds is 4. The maximum absolute atomic E-state index is 11.6. The molecule has 0 saturated carbocycles. The molecule has 2 aromatic carbocycles. The molecule has 0 aliphatic rings. The van der Waals surface area contributed by atoms with Crippen LogP contribution in [-0.2, 0) is 4.74 Å². The highest BCUT2D eigenvalue weighted by Gasteiger charge is 2.07. The van der Waals surface area contributed by atoms with E-state index in [0.717, 1.165) is 16.9 Å². The molecule has 0 aliphatic heterocycles. The Hall–Kier alpha value is -2.11. The van der Waals surface area contributed by atoms with Crippen LogP contribution in [0.25, 0.3) is 0 Å². The van der Waals surface area contributed by atoms with E-state index < -0.39 is 0 Å². The van der Waals surface area contributed by atoms with Crippen LogP contribution >= 0.6 is 23.8 Å². The minimum Gasteiger partial charge on any atom is -0.462 e. The average Bonchev–Trinajstić information content (AvgIpc) is 2.53. The lowest BCUT2D eigenvalue weighted by Gasteiger charge is -2.13. The van der Waals surface area contributed by atoms with Crippen molar-refractivity contribution in [2.75, 3.05) is 17.2 Å². The Bertz CT molecular complexity index is 717. The summed E-state index contributed by atoms with van der Waals surface area (Å²) < 4.78 is 4.94. The third-order valence-corrected chi connectivity index (χ3v) is 3.78. The molecule has 0 unspecified atom stereocenters. The van der Waals surface area contributed by atoms with E-state index in [1.807, 2.05) is 25.1 Å². The number of benzene rings is 2. The molecule has 0 radical (unpaired) electrons. The average molecular weight is 349 g/mol. The Morgan fingerprint density at radius 3 is 2.52 bits per heavy atom. The molecular formula is C17H17ClN2O2S. The van der Waals surface area contributed by atoms with E-state index in [2.05, 4.69) is 10.6 Å². The third-order valence-electron chi connectivity index (χ3n) is 3.17. The number of carbonyl (C=O) groups excluding carboxylic acids is 1. The van der Waals surface area contributed by atoms with Crippen LogP contribution in [0.15, 0.2) is 42.5 Å². The first-order valence-corrected chi connectivity index (χ1v) is 7.90. The number of anilines is 2. The lowest BCUT2D eigenvalue weighted by Crippen LogP contribution is -2.19. The number of ether oxygens (including phenoxy) is 1. The summed E-state index contributed by atoms with van der Waals surface area (Å²) >= 11 is 11.4. The van der Waals surface area contributed by atoms with Gasteiger partial charge in [-0.05, 0) is 68.0 Å². The van der Waals surface area contributed by atoms with E-state index >= 15 is 0 Å². The van der Waals surface area contributed by atoms with E-state index in [-0.39, 0.29) is 5.97 Å². The predicted octanol–water partition coefficient (Wildman–Crippen LogP) is 4.63. The molecule has 0 aromatic heterocycles. The topological polar surface area (TPSA) is 50.4 Å². The molecule has 4 nitrogen and oxygen atoms in total. The molecule has 6 heteroatoms. The molecule has 0 aliphatic carbocycles. The summed E-state index contributed by atoms with van der Waals surface area (Å²) in [6, 6.07) is 12.5. The van der Waals surface area contributed by atoms with Crippen molar-refractivity contribution in [3.63, 3.8) is 0 Å². The summed E-state index contributed by atoms with van der Waals surface area (Å²) in [7, 11) is 0. The summed E-state index contributed by atoms with van der Waals surface area (Å²) in [4.78, 5) is 11.6. The fraction of sp³-hybridized carbons (Fsp3) is 0.176. The second-order valence-corrected chi connectivity index (χ2v) is 5.60. The van der Waals surface area contributed by atoms with Crippen molar-refractivity contribution in [1.82, 2.24) is 0 Å². The van der Waals surface area contributed by atoms with Crippen molar-refractivity contribution in [2.45, 2.75) is 13.8 Å². The summed E-state index contributed by atoms with van der Waals surface area (Å²) in [5.74, 6) is -0.339. The Labute approximate surface area is 145 Å². The van der Waals surface area contributed by atoms with Gasteiger partial charge in [-0.1, -0.05) is 17.7 Å². The first kappa shape index (κ1) is 17.2. The van der Waals surface area contributed by atoms with Gasteiger partial charge in [0.1, 0.15) is 0 Å². The Balaban J connectivity index is 2.00. The van der Waals surface area contributed by atoms with Gasteiger partial charge in [-0.3, -0.25) is 0 Å². The molecule has 2 N–H and O–H groups in total. The lowest BCUT2D eigenvalue weighted by atomic mass is 10.2. The number of hydrogen-bond acceptors (Lipinski definition) is 3. The van der Waals surface area contributed by atoms with Crippen molar-refractivity contribution in [2.24, 2.45) is 0 Å². The Kier molecular flexibility index (Phi) is 5.96. The van der Waals surface area contributed by atoms with Crippen LogP contribution in [0.3, 0.4) is 0 Å². The number of nitrogens with one attached hydrogen (secondary N) is 2. The highest BCUT2D eigenvalue weighted by atomic mass is 35.5. The van der Waals surface area contributed by atoms with Gasteiger partial charge in [0, 0.05) is 16.4 Å². The van der Waals surface area contributed by atoms with E-state index in [4.69, 9.17) is 28.6 Å². The zero-order valence-electron chi connectivity index (χ0n) is 12.9. The van der Waals surface area contributed by atoms with Crippen molar-refractivity contribution in [3.8, 4) is 0 Å². The molecule has 0 atom stereocenters. The van der Waals surface area contributed by atoms with Crippen LogP contribution in [0.1, 0.15) is 22.8 Å². The molecule has 0 fully saturated rings. The SMILES string of the molecule is CCOC(=O)c1ccc(NC(=S)Nc2cccc(Cl)c2C)cc1. The second kappa shape index (κ2) is 7.94. The number of carbonyl (C=O) groups is 1. The van der Waals surface area contributed by atoms with Crippen LogP contribution < -0.4 is 10.6 Å². The smallest absolute Gasteiger partial charge is 0.338 e. The standard InChI is InChI=1S/C17H17ClN2O2S/c1-3-22-16(21)12-7-9-13(10-8-12)19-17(23)20-15-6-4-5-14(18)11(15)2/h4-10H,3H2,1-2H3,(H2,19,20,23). The highest BCUT2D eigenvalue weighted by Crippen LogP contribution is 2.23. The van der Waals surface area contributed by atoms with Crippen molar-refractivity contribution < 1.29 is 9.53 Å². The van der Waals surface area contributed by atoms with Gasteiger partial charge in [-0.2, -0.15) is 0 Å². The molecule has 23 heavy (non-hydrogen) atoms. The van der Waals surface area contributed by atoms with E-state index in [1.165, 1.54) is 0 Å². The van der Waals surface area contributed by atoms with Gasteiger partial charge < -0.3 is 15.4 Å². The Morgan fingerprint density at radius 2 is 1.87 bits per heavy atom. The molecule has 0 bridgehead atoms. The van der Waals surface area contributed by atoms with Crippen LogP contribution in [0.4, 0.5) is 11.4 Å². The van der Waals surface area contributed by atoms with Crippen LogP contribution in [-0.4, -0.2) is 17.7 Å². The van der Waals surface area contributed by atoms with E-state index in [1.54, 1.807) is 31.2 Å². The summed E-state index contributed by atoms with van der Waals surface area (Å²) in [6.45, 7) is 4.04. The first-order chi connectivity index (χ1) is 11.0. The summed E-state index contributed by atoms with van der Waals surface area (Å²) in [5, 5.41) is 7.28. The zero-order chi connectivity index (χ0) is 16.8. The maximum Gasteiger partial charge on any atom is 0.338 e. The van der Waals surface area contributed by atoms with Crippen LogP contribution in [0, 0.1) is 6.92 Å². The molecule has 0 spiro atoms. The van der Waals surface area contributed by atoms with Gasteiger partial charge in [0.2, 0.25) is 0 Å². The second-order valence-electron chi connectivity index (χ2n) is 4.79. The molecule has 0 amide bonds. The monoisotopic (exact) mass is 348 g/mol. The predicted molar refractivity (Wildman–Crippen MR) is 98.4 cm³/mol. The van der Waals surface area contributed by atoms with E-state index in [0.29, 0.717) is 22.3 Å². The quantitative estimate of drug-likeness (QED) is 0.623. The van der Waals surface area contributed by atoms with Crippen LogP contribution in [0.5, 0.6) is 0 Å². The van der Waals surface area contributed by atoms with Crippen LogP contribution in [0.2, 0.25) is 5.02 Å². The molecule has 120 valence electrons. The molecule has 2 rings (SSSR count). The van der Waals surface area contributed by atoms with Gasteiger partial charge in [0.05, 0.1) is 12.2 Å². The fourth-order valence-electron chi connectivity index (χ4n) is 1.93. The van der Waals surface area contributed by atoms with Gasteiger partial charge in [0.25, 0.3) is 0 Å². The summed E-state index contributed by atoms with van der Waals surface area (Å²) in [6.07, 6.45) is 0. The fourth-order valence-corrected chi connectivity index (χ4v) is 2.33. The summed E-state index contributed by atoms with van der Waals surface area (Å²) in [5.41, 5.74) is 3.05. The van der Waals surface area contributed by atoms with Crippen molar-refractivity contribution in [3.05, 3.63) is 58.6 Å². The number of esters is 1. The number of thiocarbonyl (C=S) groups is 1. The maximum atomic E-state index is 11.6.